The minimum Gasteiger partial charge on any atom is -0.350 e. The third-order valence-electron chi connectivity index (χ3n) is 3.53. The van der Waals surface area contributed by atoms with Gasteiger partial charge in [0, 0.05) is 23.7 Å². The molecule has 2 unspecified atom stereocenters. The number of nitrogens with two attached hydrogens (primary N) is 1. The smallest absolute Gasteiger partial charge is 0.257 e. The minimum atomic E-state index is 0.316. The van der Waals surface area contributed by atoms with E-state index in [1.807, 2.05) is 17.8 Å². The number of nitrogens with one attached hydrogen (secondary N) is 2. The van der Waals surface area contributed by atoms with Crippen molar-refractivity contribution in [3.05, 3.63) is 18.5 Å². The maximum Gasteiger partial charge on any atom is 0.257 e. The Balaban J connectivity index is 1.86. The van der Waals surface area contributed by atoms with Crippen molar-refractivity contribution in [3.8, 4) is 5.95 Å². The summed E-state index contributed by atoms with van der Waals surface area (Å²) in [7, 11) is 0. The van der Waals surface area contributed by atoms with Crippen LogP contribution in [0.25, 0.3) is 5.95 Å². The van der Waals surface area contributed by atoms with E-state index in [1.165, 1.54) is 12.8 Å². The Morgan fingerprint density at radius 2 is 2.14 bits per heavy atom. The van der Waals surface area contributed by atoms with Crippen molar-refractivity contribution >= 4 is 23.7 Å². The van der Waals surface area contributed by atoms with Crippen molar-refractivity contribution in [2.45, 2.75) is 30.6 Å². The molecule has 0 radical (unpaired) electrons. The van der Waals surface area contributed by atoms with Crippen LogP contribution < -0.4 is 16.6 Å². The number of rotatable bonds is 5. The maximum atomic E-state index is 5.44. The number of nitrogen functional groups attached to an aromatic ring is 1. The molecule has 1 saturated carbocycles. The van der Waals surface area contributed by atoms with Crippen LogP contribution in [0, 0.1) is 0 Å². The summed E-state index contributed by atoms with van der Waals surface area (Å²) in [5.41, 5.74) is 2.47. The Hall–Kier alpha value is -1.87. The van der Waals surface area contributed by atoms with Crippen LogP contribution in [-0.4, -0.2) is 42.3 Å². The van der Waals surface area contributed by atoms with Gasteiger partial charge in [0.2, 0.25) is 11.9 Å². The summed E-state index contributed by atoms with van der Waals surface area (Å²) in [5, 5.41) is 8.12. The van der Waals surface area contributed by atoms with Crippen molar-refractivity contribution < 1.29 is 0 Å². The second kappa shape index (κ2) is 6.27. The van der Waals surface area contributed by atoms with Crippen LogP contribution in [0.1, 0.15) is 19.3 Å². The van der Waals surface area contributed by atoms with E-state index in [-0.39, 0.29) is 0 Å². The summed E-state index contributed by atoms with van der Waals surface area (Å²) in [6, 6.07) is 2.19. The molecule has 112 valence electrons. The summed E-state index contributed by atoms with van der Waals surface area (Å²) in [6.07, 6.45) is 9.16. The highest BCUT2D eigenvalue weighted by Crippen LogP contribution is 2.30. The van der Waals surface area contributed by atoms with Crippen molar-refractivity contribution in [2.24, 2.45) is 5.84 Å². The lowest BCUT2D eigenvalue weighted by atomic mass is 10.2. The van der Waals surface area contributed by atoms with Gasteiger partial charge in [-0.25, -0.2) is 10.5 Å². The molecular formula is C12H18N8S. The zero-order chi connectivity index (χ0) is 14.7. The van der Waals surface area contributed by atoms with Crippen LogP contribution in [0.15, 0.2) is 18.5 Å². The summed E-state index contributed by atoms with van der Waals surface area (Å²) in [5.74, 6) is 6.71. The molecule has 1 aliphatic rings. The molecule has 3 rings (SSSR count). The average molecular weight is 306 g/mol. The van der Waals surface area contributed by atoms with Crippen molar-refractivity contribution in [3.63, 3.8) is 0 Å². The van der Waals surface area contributed by atoms with E-state index in [4.69, 9.17) is 5.84 Å². The molecule has 0 amide bonds. The lowest BCUT2D eigenvalue weighted by Gasteiger charge is -2.19. The molecule has 8 nitrogen and oxygen atoms in total. The Morgan fingerprint density at radius 1 is 1.29 bits per heavy atom. The predicted molar refractivity (Wildman–Crippen MR) is 83.3 cm³/mol. The summed E-state index contributed by atoms with van der Waals surface area (Å²) >= 11 is 1.88. The number of hydrazine groups is 1. The number of nitrogens with zero attached hydrogens (tertiary/aromatic N) is 5. The van der Waals surface area contributed by atoms with Crippen molar-refractivity contribution in [1.82, 2.24) is 24.7 Å². The van der Waals surface area contributed by atoms with Crippen LogP contribution >= 0.6 is 11.8 Å². The molecule has 0 saturated heterocycles. The second-order valence-electron chi connectivity index (χ2n) is 4.83. The number of thioether (sulfide) groups is 1. The second-order valence-corrected chi connectivity index (χ2v) is 5.91. The van der Waals surface area contributed by atoms with Crippen LogP contribution in [0.2, 0.25) is 0 Å². The Bertz CT molecular complexity index is 587. The number of hydrogen-bond acceptors (Lipinski definition) is 8. The van der Waals surface area contributed by atoms with E-state index < -0.39 is 0 Å². The van der Waals surface area contributed by atoms with E-state index in [0.717, 1.165) is 6.42 Å². The van der Waals surface area contributed by atoms with E-state index >= 15 is 0 Å². The Morgan fingerprint density at radius 3 is 2.86 bits per heavy atom. The van der Waals surface area contributed by atoms with E-state index in [0.29, 0.717) is 29.1 Å². The largest absolute Gasteiger partial charge is 0.350 e. The van der Waals surface area contributed by atoms with Gasteiger partial charge >= 0.3 is 0 Å². The molecule has 0 bridgehead atoms. The van der Waals surface area contributed by atoms with Gasteiger partial charge in [-0.15, -0.1) is 0 Å². The lowest BCUT2D eigenvalue weighted by Crippen LogP contribution is -2.27. The zero-order valence-corrected chi connectivity index (χ0v) is 12.5. The fourth-order valence-electron chi connectivity index (χ4n) is 2.52. The highest BCUT2D eigenvalue weighted by Gasteiger charge is 2.27. The molecule has 2 aromatic rings. The van der Waals surface area contributed by atoms with Crippen molar-refractivity contribution in [2.75, 3.05) is 17.0 Å². The van der Waals surface area contributed by atoms with Crippen molar-refractivity contribution in [1.29, 1.82) is 0 Å². The van der Waals surface area contributed by atoms with Gasteiger partial charge in [-0.1, -0.05) is 6.42 Å². The highest BCUT2D eigenvalue weighted by atomic mass is 32.2. The van der Waals surface area contributed by atoms with Gasteiger partial charge in [0.15, 0.2) is 0 Å². The molecular weight excluding hydrogens is 288 g/mol. The topological polar surface area (TPSA) is 107 Å². The first kappa shape index (κ1) is 14.1. The van der Waals surface area contributed by atoms with E-state index in [1.54, 1.807) is 17.1 Å². The average Bonchev–Trinajstić information content (AvgIpc) is 3.18. The van der Waals surface area contributed by atoms with E-state index in [9.17, 15) is 0 Å². The number of aromatic nitrogens is 5. The van der Waals surface area contributed by atoms with Crippen LogP contribution in [0.5, 0.6) is 0 Å². The van der Waals surface area contributed by atoms with Gasteiger partial charge in [0.25, 0.3) is 5.95 Å². The molecule has 1 aliphatic carbocycles. The van der Waals surface area contributed by atoms with Gasteiger partial charge in [-0.05, 0) is 25.2 Å². The van der Waals surface area contributed by atoms with Gasteiger partial charge in [0.05, 0.1) is 0 Å². The van der Waals surface area contributed by atoms with Gasteiger partial charge in [-0.3, -0.25) is 5.43 Å². The SMILES string of the molecule is CSC1CCCC1Nc1nc(NN)nc(-n2cccn2)n1. The van der Waals surface area contributed by atoms with Crippen LogP contribution in [0.4, 0.5) is 11.9 Å². The molecule has 2 atom stereocenters. The standard InChI is InChI=1S/C12H18N8S/c1-21-9-5-2-4-8(9)15-10-16-11(19-13)18-12(17-10)20-7-3-6-14-20/h3,6-9H,2,4-5,13H2,1H3,(H2,15,16,17,18,19). The third kappa shape index (κ3) is 3.08. The molecule has 0 aliphatic heterocycles. The summed E-state index contributed by atoms with van der Waals surface area (Å²) < 4.78 is 1.58. The quantitative estimate of drug-likeness (QED) is 0.555. The maximum absolute atomic E-state index is 5.44. The molecule has 0 spiro atoms. The molecule has 2 heterocycles. The highest BCUT2D eigenvalue weighted by molar-refractivity contribution is 7.99. The third-order valence-corrected chi connectivity index (χ3v) is 4.70. The fraction of sp³-hybridized carbons (Fsp3) is 0.500. The summed E-state index contributed by atoms with van der Waals surface area (Å²) in [4.78, 5) is 12.9. The zero-order valence-electron chi connectivity index (χ0n) is 11.7. The number of hydrogen-bond donors (Lipinski definition) is 3. The van der Waals surface area contributed by atoms with Crippen LogP contribution in [0.3, 0.4) is 0 Å². The Labute approximate surface area is 126 Å². The first-order valence-corrected chi connectivity index (χ1v) is 8.11. The first-order chi connectivity index (χ1) is 10.3. The normalized spacial score (nSPS) is 21.4. The molecule has 1 fully saturated rings. The van der Waals surface area contributed by atoms with Gasteiger partial charge in [-0.2, -0.15) is 31.8 Å². The first-order valence-electron chi connectivity index (χ1n) is 6.82. The monoisotopic (exact) mass is 306 g/mol. The van der Waals surface area contributed by atoms with Gasteiger partial charge in [0.1, 0.15) is 0 Å². The predicted octanol–water partition coefficient (Wildman–Crippen LogP) is 1.04. The minimum absolute atomic E-state index is 0.316. The van der Waals surface area contributed by atoms with Gasteiger partial charge < -0.3 is 5.32 Å². The molecule has 4 N–H and O–H groups in total. The fourth-order valence-corrected chi connectivity index (χ4v) is 3.46. The lowest BCUT2D eigenvalue weighted by molar-refractivity contribution is 0.742. The molecule has 9 heteroatoms. The Kier molecular flexibility index (Phi) is 4.20. The summed E-state index contributed by atoms with van der Waals surface area (Å²) in [6.45, 7) is 0. The molecule has 2 aromatic heterocycles. The number of anilines is 2. The van der Waals surface area contributed by atoms with Crippen LogP contribution in [-0.2, 0) is 0 Å². The molecule has 21 heavy (non-hydrogen) atoms. The molecule has 0 aromatic carbocycles. The van der Waals surface area contributed by atoms with E-state index in [2.05, 4.69) is 37.0 Å².